The summed E-state index contributed by atoms with van der Waals surface area (Å²) in [6.45, 7) is 3.91. The van der Waals surface area contributed by atoms with Crippen molar-refractivity contribution in [3.8, 4) is 5.75 Å². The van der Waals surface area contributed by atoms with Crippen LogP contribution in [0.2, 0.25) is 10.0 Å². The van der Waals surface area contributed by atoms with E-state index < -0.39 is 0 Å². The zero-order valence-corrected chi connectivity index (χ0v) is 15.8. The second kappa shape index (κ2) is 10.2. The van der Waals surface area contributed by atoms with Gasteiger partial charge in [0.05, 0.1) is 11.6 Å². The second-order valence-electron chi connectivity index (χ2n) is 4.42. The minimum absolute atomic E-state index is 0. The smallest absolute Gasteiger partial charge is 0.209 e. The van der Waals surface area contributed by atoms with Crippen LogP contribution in [0.3, 0.4) is 0 Å². The number of benzene rings is 1. The minimum atomic E-state index is 0. The van der Waals surface area contributed by atoms with Gasteiger partial charge in [0.2, 0.25) is 5.16 Å². The molecule has 0 radical (unpaired) electrons. The molecular formula is C13H17Cl3N5OS-. The number of aromatic nitrogens is 4. The van der Waals surface area contributed by atoms with Crippen molar-refractivity contribution in [1.29, 1.82) is 0 Å². The third kappa shape index (κ3) is 6.00. The molecule has 23 heavy (non-hydrogen) atoms. The van der Waals surface area contributed by atoms with Gasteiger partial charge in [0.25, 0.3) is 0 Å². The highest BCUT2D eigenvalue weighted by molar-refractivity contribution is 7.99. The summed E-state index contributed by atoms with van der Waals surface area (Å²) >= 11 is 13.8. The number of thioether (sulfide) groups is 1. The van der Waals surface area contributed by atoms with Gasteiger partial charge in [0, 0.05) is 36.5 Å². The van der Waals surface area contributed by atoms with Crippen molar-refractivity contribution >= 4 is 35.0 Å². The van der Waals surface area contributed by atoms with Crippen LogP contribution in [-0.2, 0) is 13.6 Å². The van der Waals surface area contributed by atoms with Crippen LogP contribution in [0.5, 0.6) is 5.75 Å². The Balaban J connectivity index is 0.00000264. The fraction of sp³-hybridized carbons (Fsp3) is 0.462. The standard InChI is InChI=1S/C13H17Cl2N5OS.ClH/c1-3-21-12-9(6-10(14)7-11(12)15)8-16-4-5-22-13-17-18-19-20(13)2;/h6-7,16H,3-5,8H2,1-2H3;1H/p-1. The number of rotatable bonds is 8. The molecule has 1 aromatic heterocycles. The number of ether oxygens (including phenoxy) is 1. The zero-order valence-electron chi connectivity index (χ0n) is 12.7. The van der Waals surface area contributed by atoms with E-state index >= 15 is 0 Å². The normalized spacial score (nSPS) is 10.4. The van der Waals surface area contributed by atoms with Gasteiger partial charge in [-0.15, -0.1) is 5.10 Å². The molecule has 1 aromatic carbocycles. The number of hydrogen-bond donors (Lipinski definition) is 1. The zero-order chi connectivity index (χ0) is 15.9. The van der Waals surface area contributed by atoms with Gasteiger partial charge in [-0.3, -0.25) is 0 Å². The number of nitrogens with zero attached hydrogens (tertiary/aromatic N) is 4. The number of halogens is 3. The van der Waals surface area contributed by atoms with E-state index in [1.54, 1.807) is 22.5 Å². The topological polar surface area (TPSA) is 64.9 Å². The molecule has 2 aromatic rings. The van der Waals surface area contributed by atoms with E-state index in [0.29, 0.717) is 28.9 Å². The molecule has 0 fully saturated rings. The third-order valence-electron chi connectivity index (χ3n) is 2.78. The van der Waals surface area contributed by atoms with E-state index in [1.165, 1.54) is 0 Å². The van der Waals surface area contributed by atoms with Crippen molar-refractivity contribution in [3.63, 3.8) is 0 Å². The third-order valence-corrected chi connectivity index (χ3v) is 4.29. The monoisotopic (exact) mass is 396 g/mol. The molecule has 0 aliphatic heterocycles. The Kier molecular flexibility index (Phi) is 9.01. The Bertz CT molecular complexity index is 626. The van der Waals surface area contributed by atoms with Crippen molar-refractivity contribution in [1.82, 2.24) is 25.5 Å². The Morgan fingerprint density at radius 2 is 2.13 bits per heavy atom. The lowest BCUT2D eigenvalue weighted by atomic mass is 10.2. The highest BCUT2D eigenvalue weighted by Gasteiger charge is 2.10. The van der Waals surface area contributed by atoms with Crippen molar-refractivity contribution in [3.05, 3.63) is 27.7 Å². The molecule has 2 rings (SSSR count). The van der Waals surface area contributed by atoms with Crippen LogP contribution in [-0.4, -0.2) is 39.1 Å². The molecule has 0 unspecified atom stereocenters. The average molecular weight is 398 g/mol. The SMILES string of the molecule is CCOc1c(Cl)cc(Cl)cc1CNCCSc1nnnn1C.[Cl-]. The van der Waals surface area contributed by atoms with E-state index in [4.69, 9.17) is 27.9 Å². The first-order chi connectivity index (χ1) is 10.6. The maximum absolute atomic E-state index is 6.17. The summed E-state index contributed by atoms with van der Waals surface area (Å²) in [4.78, 5) is 0. The van der Waals surface area contributed by atoms with Gasteiger partial charge in [-0.25, -0.2) is 4.68 Å². The van der Waals surface area contributed by atoms with Crippen LogP contribution >= 0.6 is 35.0 Å². The lowest BCUT2D eigenvalue weighted by molar-refractivity contribution is -0.00000508. The predicted octanol–water partition coefficient (Wildman–Crippen LogP) is -0.199. The first-order valence-corrected chi connectivity index (χ1v) is 8.52. The van der Waals surface area contributed by atoms with Gasteiger partial charge >= 0.3 is 0 Å². The van der Waals surface area contributed by atoms with Crippen LogP contribution < -0.4 is 22.5 Å². The van der Waals surface area contributed by atoms with Crippen LogP contribution in [0, 0.1) is 0 Å². The van der Waals surface area contributed by atoms with Gasteiger partial charge in [0.15, 0.2) is 0 Å². The first kappa shape index (κ1) is 20.3. The summed E-state index contributed by atoms with van der Waals surface area (Å²) in [5, 5.41) is 16.6. The van der Waals surface area contributed by atoms with E-state index in [-0.39, 0.29) is 12.4 Å². The fourth-order valence-electron chi connectivity index (χ4n) is 1.83. The van der Waals surface area contributed by atoms with Crippen molar-refractivity contribution in [2.24, 2.45) is 7.05 Å². The number of aryl methyl sites for hydroxylation is 1. The summed E-state index contributed by atoms with van der Waals surface area (Å²) in [7, 11) is 1.82. The highest BCUT2D eigenvalue weighted by Crippen LogP contribution is 2.32. The predicted molar refractivity (Wildman–Crippen MR) is 88.9 cm³/mol. The first-order valence-electron chi connectivity index (χ1n) is 6.78. The number of hydrogen-bond acceptors (Lipinski definition) is 6. The fourth-order valence-corrected chi connectivity index (χ4v) is 3.17. The van der Waals surface area contributed by atoms with Crippen LogP contribution in [0.4, 0.5) is 0 Å². The largest absolute Gasteiger partial charge is 1.00 e. The van der Waals surface area contributed by atoms with Gasteiger partial charge in [-0.1, -0.05) is 35.0 Å². The lowest BCUT2D eigenvalue weighted by Gasteiger charge is -2.13. The summed E-state index contributed by atoms with van der Waals surface area (Å²) in [5.41, 5.74) is 0.949. The molecule has 0 amide bonds. The van der Waals surface area contributed by atoms with Crippen molar-refractivity contribution in [2.45, 2.75) is 18.6 Å². The lowest BCUT2D eigenvalue weighted by Crippen LogP contribution is -3.00. The molecule has 1 N–H and O–H groups in total. The Labute approximate surface area is 155 Å². The molecule has 0 bridgehead atoms. The van der Waals surface area contributed by atoms with Crippen LogP contribution in [0.15, 0.2) is 17.3 Å². The van der Waals surface area contributed by atoms with Gasteiger partial charge in [-0.05, 0) is 29.5 Å². The summed E-state index contributed by atoms with van der Waals surface area (Å²) < 4.78 is 7.24. The molecule has 0 spiro atoms. The molecule has 10 heteroatoms. The Hall–Kier alpha value is -0.730. The average Bonchev–Trinajstić information content (AvgIpc) is 2.87. The Morgan fingerprint density at radius 1 is 1.35 bits per heavy atom. The number of nitrogens with one attached hydrogen (secondary N) is 1. The van der Waals surface area contributed by atoms with Gasteiger partial charge in [0.1, 0.15) is 5.75 Å². The van der Waals surface area contributed by atoms with E-state index in [9.17, 15) is 0 Å². The molecule has 0 aliphatic carbocycles. The molecule has 0 atom stereocenters. The molecule has 1 heterocycles. The number of tetrazole rings is 1. The summed E-state index contributed by atoms with van der Waals surface area (Å²) in [5.74, 6) is 1.54. The van der Waals surface area contributed by atoms with Gasteiger partial charge < -0.3 is 22.5 Å². The van der Waals surface area contributed by atoms with Gasteiger partial charge in [-0.2, -0.15) is 0 Å². The summed E-state index contributed by atoms with van der Waals surface area (Å²) in [6, 6.07) is 3.56. The molecule has 0 aliphatic rings. The van der Waals surface area contributed by atoms with E-state index in [1.807, 2.05) is 20.0 Å². The maximum atomic E-state index is 6.17. The molecule has 6 nitrogen and oxygen atoms in total. The second-order valence-corrected chi connectivity index (χ2v) is 6.32. The van der Waals surface area contributed by atoms with Crippen molar-refractivity contribution in [2.75, 3.05) is 18.9 Å². The van der Waals surface area contributed by atoms with Crippen LogP contribution in [0.25, 0.3) is 0 Å². The summed E-state index contributed by atoms with van der Waals surface area (Å²) in [6.07, 6.45) is 0. The molecule has 128 valence electrons. The molecule has 0 saturated heterocycles. The highest BCUT2D eigenvalue weighted by atomic mass is 35.5. The molecular weight excluding hydrogens is 381 g/mol. The molecule has 0 saturated carbocycles. The van der Waals surface area contributed by atoms with Crippen LogP contribution in [0.1, 0.15) is 12.5 Å². The Morgan fingerprint density at radius 3 is 2.78 bits per heavy atom. The maximum Gasteiger partial charge on any atom is 0.209 e. The minimum Gasteiger partial charge on any atom is -1.00 e. The van der Waals surface area contributed by atoms with E-state index in [0.717, 1.165) is 23.0 Å². The quantitative estimate of drug-likeness (QED) is 0.492. The van der Waals surface area contributed by atoms with Crippen molar-refractivity contribution < 1.29 is 17.1 Å². The van der Waals surface area contributed by atoms with E-state index in [2.05, 4.69) is 20.8 Å².